The number of hydrogen-bond acceptors (Lipinski definition) is 6. The van der Waals surface area contributed by atoms with E-state index >= 15 is 0 Å². The number of hydrogen-bond donors (Lipinski definition) is 0. The summed E-state index contributed by atoms with van der Waals surface area (Å²) in [5, 5.41) is 2.90. The molecule has 12 aromatic rings. The molecule has 0 fully saturated rings. The second kappa shape index (κ2) is 17.6. The lowest BCUT2D eigenvalue weighted by atomic mass is 10.0. The van der Waals surface area contributed by atoms with Crippen LogP contribution < -0.4 is 14.7 Å². The summed E-state index contributed by atoms with van der Waals surface area (Å²) in [5.41, 5.74) is 14.7. The maximum atomic E-state index is 6.68. The Kier molecular flexibility index (Phi) is 10.4. The lowest BCUT2D eigenvalue weighted by molar-refractivity contribution is 0.669. The van der Waals surface area contributed by atoms with Gasteiger partial charge in [-0.3, -0.25) is 0 Å². The van der Waals surface area contributed by atoms with Crippen molar-refractivity contribution in [3.05, 3.63) is 261 Å². The van der Waals surface area contributed by atoms with Crippen LogP contribution in [0.25, 0.3) is 55.5 Å². The summed E-state index contributed by atoms with van der Waals surface area (Å²) in [5.74, 6) is 0.636. The Balaban J connectivity index is 1.01. The summed E-state index contributed by atoms with van der Waals surface area (Å²) in [6.07, 6.45) is 0. The number of para-hydroxylation sites is 6. The van der Waals surface area contributed by atoms with E-state index in [1.165, 1.54) is 0 Å². The highest BCUT2D eigenvalue weighted by Gasteiger charge is 2.20. The van der Waals surface area contributed by atoms with Gasteiger partial charge in [-0.25, -0.2) is 9.97 Å². The molecule has 322 valence electrons. The first-order chi connectivity index (χ1) is 33.7. The van der Waals surface area contributed by atoms with E-state index in [0.29, 0.717) is 5.82 Å². The summed E-state index contributed by atoms with van der Waals surface area (Å²) < 4.78 is 6.68. The van der Waals surface area contributed by atoms with Gasteiger partial charge in [0.05, 0.1) is 11.2 Å². The molecule has 68 heavy (non-hydrogen) atoms. The summed E-state index contributed by atoms with van der Waals surface area (Å²) in [6, 6.07) is 90.7. The fourth-order valence-electron chi connectivity index (χ4n) is 9.21. The van der Waals surface area contributed by atoms with E-state index in [4.69, 9.17) is 14.4 Å². The largest absolute Gasteiger partial charge is 0.456 e. The van der Waals surface area contributed by atoms with Gasteiger partial charge in [-0.05, 0) is 140 Å². The SMILES string of the molecule is c1ccc(N(c2ccccc2)c2ccc(-c3nc(-c4ccc(N(c5ccccc5)c5ccccc5)cc4)c4cc5oc6ccc(N(c7ccccc7)c7ccccc7)cc6c5cc4n3)cc2)cc1. The van der Waals surface area contributed by atoms with Crippen LogP contribution in [0.15, 0.2) is 265 Å². The van der Waals surface area contributed by atoms with E-state index in [2.05, 4.69) is 239 Å². The molecule has 6 nitrogen and oxygen atoms in total. The minimum Gasteiger partial charge on any atom is -0.456 e. The van der Waals surface area contributed by atoms with Crippen molar-refractivity contribution in [1.29, 1.82) is 0 Å². The van der Waals surface area contributed by atoms with Crippen LogP contribution in [-0.2, 0) is 0 Å². The average Bonchev–Trinajstić information content (AvgIpc) is 3.77. The molecule has 2 aromatic heterocycles. The monoisotopic (exact) mass is 873 g/mol. The number of anilines is 9. The van der Waals surface area contributed by atoms with Crippen molar-refractivity contribution in [3.8, 4) is 22.6 Å². The van der Waals surface area contributed by atoms with Crippen LogP contribution in [0.4, 0.5) is 51.2 Å². The van der Waals surface area contributed by atoms with Gasteiger partial charge in [0.2, 0.25) is 0 Å². The molecule has 0 saturated heterocycles. The van der Waals surface area contributed by atoms with Crippen LogP contribution in [0.5, 0.6) is 0 Å². The van der Waals surface area contributed by atoms with E-state index in [9.17, 15) is 0 Å². The van der Waals surface area contributed by atoms with Crippen LogP contribution in [0.1, 0.15) is 0 Å². The number of rotatable bonds is 11. The predicted octanol–water partition coefficient (Wildman–Crippen LogP) is 17.3. The maximum Gasteiger partial charge on any atom is 0.160 e. The Hall–Kier alpha value is -9.26. The normalized spacial score (nSPS) is 11.2. The molecule has 0 N–H and O–H groups in total. The highest BCUT2D eigenvalue weighted by molar-refractivity contribution is 6.12. The molecule has 0 amide bonds. The topological polar surface area (TPSA) is 48.6 Å². The number of benzene rings is 10. The Morgan fingerprint density at radius 1 is 0.265 bits per heavy atom. The third-order valence-corrected chi connectivity index (χ3v) is 12.4. The maximum absolute atomic E-state index is 6.68. The average molecular weight is 874 g/mol. The van der Waals surface area contributed by atoms with Gasteiger partial charge in [-0.15, -0.1) is 0 Å². The van der Waals surface area contributed by atoms with Gasteiger partial charge in [0, 0.05) is 78.5 Å². The van der Waals surface area contributed by atoms with Crippen LogP contribution in [0.2, 0.25) is 0 Å². The van der Waals surface area contributed by atoms with Gasteiger partial charge in [0.1, 0.15) is 11.2 Å². The molecule has 2 heterocycles. The quantitative estimate of drug-likeness (QED) is 0.129. The fraction of sp³-hybridized carbons (Fsp3) is 0. The molecule has 0 bridgehead atoms. The van der Waals surface area contributed by atoms with Crippen molar-refractivity contribution in [2.24, 2.45) is 0 Å². The van der Waals surface area contributed by atoms with Crippen molar-refractivity contribution < 1.29 is 4.42 Å². The Bertz CT molecular complexity index is 3530. The van der Waals surface area contributed by atoms with Gasteiger partial charge in [0.25, 0.3) is 0 Å². The number of aromatic nitrogens is 2. The first kappa shape index (κ1) is 40.3. The molecule has 0 saturated carbocycles. The van der Waals surface area contributed by atoms with E-state index < -0.39 is 0 Å². The number of furan rings is 1. The van der Waals surface area contributed by atoms with E-state index in [1.807, 2.05) is 36.4 Å². The minimum atomic E-state index is 0.636. The van der Waals surface area contributed by atoms with Gasteiger partial charge in [-0.1, -0.05) is 121 Å². The van der Waals surface area contributed by atoms with E-state index in [-0.39, 0.29) is 0 Å². The molecule has 0 aliphatic heterocycles. The Morgan fingerprint density at radius 2 is 0.618 bits per heavy atom. The molecule has 0 unspecified atom stereocenters. The summed E-state index contributed by atoms with van der Waals surface area (Å²) in [7, 11) is 0. The van der Waals surface area contributed by atoms with Gasteiger partial charge >= 0.3 is 0 Å². The molecule has 0 spiro atoms. The van der Waals surface area contributed by atoms with Crippen LogP contribution in [-0.4, -0.2) is 9.97 Å². The van der Waals surface area contributed by atoms with Crippen LogP contribution >= 0.6 is 0 Å². The van der Waals surface area contributed by atoms with Crippen LogP contribution in [0.3, 0.4) is 0 Å². The molecule has 6 heteroatoms. The Labute approximate surface area is 394 Å². The van der Waals surface area contributed by atoms with Crippen molar-refractivity contribution >= 4 is 84.0 Å². The molecule has 0 atom stereocenters. The lowest BCUT2D eigenvalue weighted by Gasteiger charge is -2.25. The molecular formula is C62H43N5O. The molecule has 0 aliphatic rings. The zero-order chi connectivity index (χ0) is 45.2. The van der Waals surface area contributed by atoms with Crippen molar-refractivity contribution in [1.82, 2.24) is 9.97 Å². The third-order valence-electron chi connectivity index (χ3n) is 12.4. The van der Waals surface area contributed by atoms with Crippen molar-refractivity contribution in [3.63, 3.8) is 0 Å². The molecular weight excluding hydrogens is 831 g/mol. The first-order valence-electron chi connectivity index (χ1n) is 22.8. The number of fused-ring (bicyclic) bond motifs is 4. The first-order valence-corrected chi connectivity index (χ1v) is 22.8. The molecule has 0 radical (unpaired) electrons. The second-order valence-corrected chi connectivity index (χ2v) is 16.7. The second-order valence-electron chi connectivity index (χ2n) is 16.7. The summed E-state index contributed by atoms with van der Waals surface area (Å²) in [4.78, 5) is 17.6. The molecule has 12 rings (SSSR count). The zero-order valence-electron chi connectivity index (χ0n) is 37.0. The molecule has 0 aliphatic carbocycles. The number of nitrogens with zero attached hydrogens (tertiary/aromatic N) is 5. The van der Waals surface area contributed by atoms with E-state index in [1.54, 1.807) is 0 Å². The van der Waals surface area contributed by atoms with Gasteiger partial charge < -0.3 is 19.1 Å². The molecule has 10 aromatic carbocycles. The van der Waals surface area contributed by atoms with Gasteiger partial charge in [-0.2, -0.15) is 0 Å². The highest BCUT2D eigenvalue weighted by Crippen LogP contribution is 2.42. The van der Waals surface area contributed by atoms with E-state index in [0.717, 1.165) is 101 Å². The summed E-state index contributed by atoms with van der Waals surface area (Å²) >= 11 is 0. The standard InChI is InChI=1S/C62H43N5O/c1-7-19-46(20-8-1)65(47-21-9-2-10-22-47)52-35-31-44(32-36-52)61-57-43-60-56(55-41-54(39-40-59(55)68-60)67(50-27-15-5-16-28-50)51-29-17-6-18-30-51)42-58(57)63-62(64-61)45-33-37-53(38-34-45)66(48-23-11-3-12-24-48)49-25-13-4-14-26-49/h1-43H. The predicted molar refractivity (Wildman–Crippen MR) is 282 cm³/mol. The van der Waals surface area contributed by atoms with Crippen LogP contribution in [0, 0.1) is 0 Å². The van der Waals surface area contributed by atoms with Gasteiger partial charge in [0.15, 0.2) is 5.82 Å². The minimum absolute atomic E-state index is 0.636. The lowest BCUT2D eigenvalue weighted by Crippen LogP contribution is -2.09. The smallest absolute Gasteiger partial charge is 0.160 e. The summed E-state index contributed by atoms with van der Waals surface area (Å²) in [6.45, 7) is 0. The van der Waals surface area contributed by atoms with Crippen molar-refractivity contribution in [2.75, 3.05) is 14.7 Å². The zero-order valence-corrected chi connectivity index (χ0v) is 37.0. The highest BCUT2D eigenvalue weighted by atomic mass is 16.3. The Morgan fingerprint density at radius 3 is 1.04 bits per heavy atom. The fourth-order valence-corrected chi connectivity index (χ4v) is 9.21. The third kappa shape index (κ3) is 7.66. The van der Waals surface area contributed by atoms with Crippen molar-refractivity contribution in [2.45, 2.75) is 0 Å².